The van der Waals surface area contributed by atoms with Crippen molar-refractivity contribution in [3.63, 3.8) is 0 Å². The third kappa shape index (κ3) is 3.58. The molecule has 2 unspecified atom stereocenters. The molecule has 4 nitrogen and oxygen atoms in total. The molecule has 4 rings (SSSR count). The van der Waals surface area contributed by atoms with Crippen LogP contribution in [0, 0.1) is 29.1 Å². The van der Waals surface area contributed by atoms with Gasteiger partial charge in [0.05, 0.1) is 11.5 Å². The van der Waals surface area contributed by atoms with Gasteiger partial charge in [-0.1, -0.05) is 24.3 Å². The first-order valence-corrected chi connectivity index (χ1v) is 9.60. The van der Waals surface area contributed by atoms with Gasteiger partial charge in [0, 0.05) is 11.6 Å². The number of halogens is 5. The van der Waals surface area contributed by atoms with Gasteiger partial charge >= 0.3 is 5.97 Å². The predicted molar refractivity (Wildman–Crippen MR) is 105 cm³/mol. The molecule has 2 atom stereocenters. The summed E-state index contributed by atoms with van der Waals surface area (Å²) in [4.78, 5) is 11.7. The number of fused-ring (bicyclic) bond motifs is 1. The van der Waals surface area contributed by atoms with Crippen molar-refractivity contribution in [2.24, 2.45) is 5.73 Å². The molecule has 166 valence electrons. The summed E-state index contributed by atoms with van der Waals surface area (Å²) in [6.07, 6.45) is 1.06. The molecular formula is C23H16F5NO3. The van der Waals surface area contributed by atoms with Gasteiger partial charge < -0.3 is 15.6 Å². The predicted octanol–water partition coefficient (Wildman–Crippen LogP) is 5.28. The maximum absolute atomic E-state index is 14.4. The van der Waals surface area contributed by atoms with Crippen LogP contribution in [-0.2, 0) is 11.2 Å². The molecule has 3 aromatic carbocycles. The second kappa shape index (κ2) is 8.23. The standard InChI is InChI=1S/C23H16F5NO3/c24-18-17(19(25)21(27)22(28)20(18)26)12-3-1-2-4-15(12)32-11-7-5-10-6-8-14(29)16(23(30)31)13(10)9-11/h1-5,7,9,14,16H,6,8,29H2,(H,30,31). The number of para-hydroxylation sites is 1. The van der Waals surface area contributed by atoms with Crippen LogP contribution in [0.4, 0.5) is 22.0 Å². The minimum Gasteiger partial charge on any atom is -0.481 e. The van der Waals surface area contributed by atoms with Gasteiger partial charge in [-0.2, -0.15) is 0 Å². The number of carbonyl (C=O) groups is 1. The molecule has 0 amide bonds. The lowest BCUT2D eigenvalue weighted by Gasteiger charge is -2.28. The highest BCUT2D eigenvalue weighted by Crippen LogP contribution is 2.40. The second-order valence-electron chi connectivity index (χ2n) is 7.42. The molecule has 0 aromatic heterocycles. The number of aryl methyl sites for hydroxylation is 1. The molecule has 0 heterocycles. The third-order valence-corrected chi connectivity index (χ3v) is 5.49. The summed E-state index contributed by atoms with van der Waals surface area (Å²) in [7, 11) is 0. The lowest BCUT2D eigenvalue weighted by molar-refractivity contribution is -0.139. The second-order valence-corrected chi connectivity index (χ2v) is 7.42. The monoisotopic (exact) mass is 449 g/mol. The number of hydrogen-bond acceptors (Lipinski definition) is 3. The van der Waals surface area contributed by atoms with Gasteiger partial charge in [-0.3, -0.25) is 4.79 Å². The zero-order valence-corrected chi connectivity index (χ0v) is 16.3. The largest absolute Gasteiger partial charge is 0.481 e. The van der Waals surface area contributed by atoms with Crippen LogP contribution in [-0.4, -0.2) is 17.1 Å². The molecule has 0 fully saturated rings. The zero-order valence-electron chi connectivity index (χ0n) is 16.3. The Kier molecular flexibility index (Phi) is 5.60. The van der Waals surface area contributed by atoms with E-state index in [1.165, 1.54) is 30.3 Å². The van der Waals surface area contributed by atoms with Gasteiger partial charge in [-0.25, -0.2) is 22.0 Å². The smallest absolute Gasteiger partial charge is 0.312 e. The van der Waals surface area contributed by atoms with Crippen molar-refractivity contribution < 1.29 is 36.6 Å². The van der Waals surface area contributed by atoms with E-state index >= 15 is 0 Å². The van der Waals surface area contributed by atoms with E-state index in [1.807, 2.05) is 0 Å². The van der Waals surface area contributed by atoms with Crippen LogP contribution in [0.3, 0.4) is 0 Å². The van der Waals surface area contributed by atoms with E-state index in [0.29, 0.717) is 18.4 Å². The number of nitrogens with two attached hydrogens (primary N) is 1. The van der Waals surface area contributed by atoms with Crippen molar-refractivity contribution in [2.45, 2.75) is 24.8 Å². The van der Waals surface area contributed by atoms with Crippen molar-refractivity contribution in [3.05, 3.63) is 82.7 Å². The number of carboxylic acids is 1. The highest BCUT2D eigenvalue weighted by molar-refractivity contribution is 5.78. The zero-order chi connectivity index (χ0) is 23.2. The summed E-state index contributed by atoms with van der Waals surface area (Å²) in [5, 5.41) is 9.56. The Hall–Kier alpha value is -3.46. The van der Waals surface area contributed by atoms with Crippen LogP contribution < -0.4 is 10.5 Å². The summed E-state index contributed by atoms with van der Waals surface area (Å²) >= 11 is 0. The summed E-state index contributed by atoms with van der Waals surface area (Å²) in [5.74, 6) is -12.5. The van der Waals surface area contributed by atoms with E-state index in [1.54, 1.807) is 6.07 Å². The summed E-state index contributed by atoms with van der Waals surface area (Å²) in [5.41, 5.74) is 5.71. The Balaban J connectivity index is 1.80. The van der Waals surface area contributed by atoms with E-state index in [9.17, 15) is 31.9 Å². The van der Waals surface area contributed by atoms with Crippen LogP contribution in [0.5, 0.6) is 11.5 Å². The highest BCUT2D eigenvalue weighted by atomic mass is 19.2. The van der Waals surface area contributed by atoms with E-state index in [0.717, 1.165) is 11.6 Å². The third-order valence-electron chi connectivity index (χ3n) is 5.49. The molecule has 0 radical (unpaired) electrons. The molecule has 1 aliphatic carbocycles. The SMILES string of the molecule is NC1CCc2ccc(Oc3ccccc3-c3c(F)c(F)c(F)c(F)c3F)cc2C1C(=O)O. The molecule has 3 N–H and O–H groups in total. The van der Waals surface area contributed by atoms with Crippen molar-refractivity contribution in [2.75, 3.05) is 0 Å². The lowest BCUT2D eigenvalue weighted by atomic mass is 9.79. The Morgan fingerprint density at radius 3 is 2.22 bits per heavy atom. The first-order chi connectivity index (χ1) is 15.2. The minimum absolute atomic E-state index is 0.125. The molecule has 32 heavy (non-hydrogen) atoms. The van der Waals surface area contributed by atoms with Crippen LogP contribution in [0.15, 0.2) is 42.5 Å². The number of rotatable bonds is 4. The van der Waals surface area contributed by atoms with E-state index in [2.05, 4.69) is 0 Å². The first kappa shape index (κ1) is 21.8. The fourth-order valence-corrected chi connectivity index (χ4v) is 3.92. The van der Waals surface area contributed by atoms with E-state index < -0.39 is 52.6 Å². The van der Waals surface area contributed by atoms with Gasteiger partial charge in [-0.05, 0) is 42.2 Å². The number of aliphatic carboxylic acids is 1. The molecule has 0 aliphatic heterocycles. The van der Waals surface area contributed by atoms with E-state index in [4.69, 9.17) is 10.5 Å². The molecular weight excluding hydrogens is 433 g/mol. The van der Waals surface area contributed by atoms with Gasteiger partial charge in [-0.15, -0.1) is 0 Å². The van der Waals surface area contributed by atoms with Gasteiger partial charge in [0.1, 0.15) is 11.5 Å². The molecule has 9 heteroatoms. The molecule has 0 saturated carbocycles. The van der Waals surface area contributed by atoms with Crippen LogP contribution in [0.1, 0.15) is 23.5 Å². The fourth-order valence-electron chi connectivity index (χ4n) is 3.92. The van der Waals surface area contributed by atoms with Crippen molar-refractivity contribution in [1.82, 2.24) is 0 Å². The Bertz CT molecular complexity index is 1200. The Morgan fingerprint density at radius 1 is 0.938 bits per heavy atom. The number of carboxylic acid groups (broad SMARTS) is 1. The molecule has 0 bridgehead atoms. The summed E-state index contributed by atoms with van der Waals surface area (Å²) in [6.45, 7) is 0. The average molecular weight is 449 g/mol. The lowest BCUT2D eigenvalue weighted by Crippen LogP contribution is -2.37. The summed E-state index contributed by atoms with van der Waals surface area (Å²) < 4.78 is 75.3. The van der Waals surface area contributed by atoms with Crippen LogP contribution in [0.25, 0.3) is 11.1 Å². The van der Waals surface area contributed by atoms with Gasteiger partial charge in [0.25, 0.3) is 0 Å². The molecule has 0 spiro atoms. The topological polar surface area (TPSA) is 72.5 Å². The quantitative estimate of drug-likeness (QED) is 0.323. The normalized spacial score (nSPS) is 17.7. The fraction of sp³-hybridized carbons (Fsp3) is 0.174. The van der Waals surface area contributed by atoms with Crippen molar-refractivity contribution in [1.29, 1.82) is 0 Å². The Labute approximate surface area is 179 Å². The van der Waals surface area contributed by atoms with Crippen LogP contribution >= 0.6 is 0 Å². The number of benzene rings is 3. The maximum Gasteiger partial charge on any atom is 0.312 e. The molecule has 1 aliphatic rings. The average Bonchev–Trinajstić information content (AvgIpc) is 2.77. The number of hydrogen-bond donors (Lipinski definition) is 2. The van der Waals surface area contributed by atoms with E-state index in [-0.39, 0.29) is 17.1 Å². The molecule has 3 aromatic rings. The van der Waals surface area contributed by atoms with Crippen LogP contribution in [0.2, 0.25) is 0 Å². The van der Waals surface area contributed by atoms with Gasteiger partial charge in [0.2, 0.25) is 5.82 Å². The Morgan fingerprint density at radius 2 is 1.56 bits per heavy atom. The summed E-state index contributed by atoms with van der Waals surface area (Å²) in [6, 6.07) is 9.32. The van der Waals surface area contributed by atoms with Crippen molar-refractivity contribution in [3.8, 4) is 22.6 Å². The first-order valence-electron chi connectivity index (χ1n) is 9.60. The molecule has 0 saturated heterocycles. The minimum atomic E-state index is -2.26. The maximum atomic E-state index is 14.4. The highest BCUT2D eigenvalue weighted by Gasteiger charge is 2.33. The van der Waals surface area contributed by atoms with Gasteiger partial charge in [0.15, 0.2) is 23.3 Å². The number of ether oxygens (including phenoxy) is 1. The van der Waals surface area contributed by atoms with Crippen molar-refractivity contribution >= 4 is 5.97 Å².